The van der Waals surface area contributed by atoms with Gasteiger partial charge in [-0.1, -0.05) is 0 Å². The zero-order valence-corrected chi connectivity index (χ0v) is 18.3. The SMILES string of the molecule is Cc1c(C#N)c(O)n(Cc2ccco2)c(=O)c1N=Nc1c(Br)cc([N+](=O)[O-])cc1Br. The molecule has 0 aliphatic heterocycles. The first-order valence-electron chi connectivity index (χ1n) is 8.18. The van der Waals surface area contributed by atoms with E-state index in [0.29, 0.717) is 5.76 Å². The molecule has 0 aliphatic rings. The van der Waals surface area contributed by atoms with Crippen molar-refractivity contribution < 1.29 is 14.4 Å². The van der Waals surface area contributed by atoms with Crippen LogP contribution in [0.1, 0.15) is 16.9 Å². The zero-order chi connectivity index (χ0) is 22.0. The molecule has 152 valence electrons. The minimum atomic E-state index is -0.682. The number of halogens is 2. The molecule has 30 heavy (non-hydrogen) atoms. The molecule has 0 radical (unpaired) electrons. The Morgan fingerprint density at radius 1 is 1.30 bits per heavy atom. The number of aromatic hydroxyl groups is 1. The van der Waals surface area contributed by atoms with Crippen molar-refractivity contribution in [2.75, 3.05) is 0 Å². The number of benzene rings is 1. The molecular weight excluding hydrogens is 526 g/mol. The third-order valence-electron chi connectivity index (χ3n) is 4.13. The number of azo groups is 1. The Kier molecular flexibility index (Phi) is 6.14. The highest BCUT2D eigenvalue weighted by molar-refractivity contribution is 9.11. The van der Waals surface area contributed by atoms with E-state index in [1.54, 1.807) is 12.1 Å². The number of nitro benzene ring substituents is 1. The summed E-state index contributed by atoms with van der Waals surface area (Å²) in [4.78, 5) is 23.3. The molecular formula is C18H11Br2N5O5. The van der Waals surface area contributed by atoms with Gasteiger partial charge in [-0.05, 0) is 50.9 Å². The molecule has 0 saturated carbocycles. The first-order chi connectivity index (χ1) is 14.2. The van der Waals surface area contributed by atoms with Gasteiger partial charge in [0, 0.05) is 17.7 Å². The molecule has 3 aromatic rings. The molecule has 0 spiro atoms. The van der Waals surface area contributed by atoms with E-state index in [1.807, 2.05) is 6.07 Å². The lowest BCUT2D eigenvalue weighted by Gasteiger charge is -2.12. The van der Waals surface area contributed by atoms with Crippen molar-refractivity contribution in [2.45, 2.75) is 13.5 Å². The van der Waals surface area contributed by atoms with Crippen LogP contribution in [-0.4, -0.2) is 14.6 Å². The van der Waals surface area contributed by atoms with Crippen LogP contribution in [-0.2, 0) is 6.54 Å². The maximum Gasteiger partial charge on any atom is 0.281 e. The van der Waals surface area contributed by atoms with Gasteiger partial charge >= 0.3 is 0 Å². The predicted molar refractivity (Wildman–Crippen MR) is 112 cm³/mol. The molecule has 0 saturated heterocycles. The van der Waals surface area contributed by atoms with Gasteiger partial charge in [-0.15, -0.1) is 10.2 Å². The van der Waals surface area contributed by atoms with E-state index in [0.717, 1.165) is 4.57 Å². The van der Waals surface area contributed by atoms with Crippen LogP contribution in [0.25, 0.3) is 0 Å². The Morgan fingerprint density at radius 2 is 1.93 bits per heavy atom. The van der Waals surface area contributed by atoms with Crippen molar-refractivity contribution in [3.63, 3.8) is 0 Å². The number of nitro groups is 1. The van der Waals surface area contributed by atoms with E-state index in [9.17, 15) is 25.3 Å². The first kappa shape index (κ1) is 21.4. The van der Waals surface area contributed by atoms with Gasteiger partial charge < -0.3 is 9.52 Å². The third kappa shape index (κ3) is 4.03. The maximum absolute atomic E-state index is 12.9. The van der Waals surface area contributed by atoms with Crippen LogP contribution in [0.2, 0.25) is 0 Å². The van der Waals surface area contributed by atoms with Crippen molar-refractivity contribution >= 4 is 48.9 Å². The molecule has 2 heterocycles. The minimum Gasteiger partial charge on any atom is -0.493 e. The van der Waals surface area contributed by atoms with Gasteiger partial charge in [-0.2, -0.15) is 5.26 Å². The van der Waals surface area contributed by atoms with Crippen molar-refractivity contribution in [2.24, 2.45) is 10.2 Å². The van der Waals surface area contributed by atoms with Crippen LogP contribution >= 0.6 is 31.9 Å². The summed E-state index contributed by atoms with van der Waals surface area (Å²) in [6.45, 7) is 1.35. The second-order valence-electron chi connectivity index (χ2n) is 5.97. The van der Waals surface area contributed by atoms with Crippen LogP contribution in [0.3, 0.4) is 0 Å². The minimum absolute atomic E-state index is 0.111. The molecule has 1 N–H and O–H groups in total. The maximum atomic E-state index is 12.9. The van der Waals surface area contributed by atoms with Crippen molar-refractivity contribution in [3.05, 3.63) is 76.8 Å². The van der Waals surface area contributed by atoms with Crippen LogP contribution < -0.4 is 5.56 Å². The lowest BCUT2D eigenvalue weighted by atomic mass is 10.1. The standard InChI is InChI=1S/C18H11Br2N5O5/c1-9-12(7-21)17(26)24(8-11-3-2-4-30-11)18(27)15(9)22-23-16-13(19)5-10(25(28)29)6-14(16)20/h2-6,26H,8H2,1H3. The average Bonchev–Trinajstić information content (AvgIpc) is 3.20. The molecule has 0 amide bonds. The van der Waals surface area contributed by atoms with Gasteiger partial charge in [0.1, 0.15) is 23.1 Å². The number of hydrogen-bond donors (Lipinski definition) is 1. The van der Waals surface area contributed by atoms with Crippen molar-refractivity contribution in [1.82, 2.24) is 4.57 Å². The molecule has 0 bridgehead atoms. The number of aromatic nitrogens is 1. The zero-order valence-electron chi connectivity index (χ0n) is 15.2. The highest BCUT2D eigenvalue weighted by atomic mass is 79.9. The summed E-state index contributed by atoms with van der Waals surface area (Å²) >= 11 is 6.39. The molecule has 3 rings (SSSR count). The number of hydrogen-bond acceptors (Lipinski definition) is 8. The summed E-state index contributed by atoms with van der Waals surface area (Å²) in [6.07, 6.45) is 1.42. The van der Waals surface area contributed by atoms with E-state index in [-0.39, 0.29) is 43.7 Å². The van der Waals surface area contributed by atoms with Gasteiger partial charge in [0.2, 0.25) is 5.88 Å². The highest BCUT2D eigenvalue weighted by Gasteiger charge is 2.20. The Labute approximate surface area is 185 Å². The summed E-state index contributed by atoms with van der Waals surface area (Å²) in [7, 11) is 0. The molecule has 1 aromatic carbocycles. The average molecular weight is 537 g/mol. The lowest BCUT2D eigenvalue weighted by molar-refractivity contribution is -0.385. The molecule has 0 atom stereocenters. The molecule has 0 unspecified atom stereocenters. The predicted octanol–water partition coefficient (Wildman–Crippen LogP) is 5.22. The highest BCUT2D eigenvalue weighted by Crippen LogP contribution is 2.38. The summed E-state index contributed by atoms with van der Waals surface area (Å²) in [5, 5.41) is 38.8. The molecule has 0 fully saturated rings. The Hall–Kier alpha value is -3.30. The summed E-state index contributed by atoms with van der Waals surface area (Å²) in [6, 6.07) is 7.60. The van der Waals surface area contributed by atoms with Crippen LogP contribution in [0.15, 0.2) is 58.9 Å². The lowest BCUT2D eigenvalue weighted by Crippen LogP contribution is -2.22. The van der Waals surface area contributed by atoms with Gasteiger partial charge in [0.05, 0.1) is 26.7 Å². The Bertz CT molecular complexity index is 1250. The number of nitrogens with zero attached hydrogens (tertiary/aromatic N) is 5. The third-order valence-corrected chi connectivity index (χ3v) is 5.33. The van der Waals surface area contributed by atoms with Crippen molar-refractivity contribution in [3.8, 4) is 11.9 Å². The number of rotatable bonds is 5. The number of non-ortho nitro benzene ring substituents is 1. The quantitative estimate of drug-likeness (QED) is 0.268. The second-order valence-corrected chi connectivity index (χ2v) is 7.68. The van der Waals surface area contributed by atoms with E-state index in [2.05, 4.69) is 42.1 Å². The number of pyridine rings is 1. The Morgan fingerprint density at radius 3 is 2.47 bits per heavy atom. The van der Waals surface area contributed by atoms with E-state index in [1.165, 1.54) is 25.3 Å². The van der Waals surface area contributed by atoms with Crippen molar-refractivity contribution in [1.29, 1.82) is 5.26 Å². The van der Waals surface area contributed by atoms with E-state index >= 15 is 0 Å². The van der Waals surface area contributed by atoms with Gasteiger partial charge in [0.15, 0.2) is 5.69 Å². The number of furan rings is 1. The summed E-state index contributed by atoms with van der Waals surface area (Å²) < 4.78 is 6.72. The second kappa shape index (κ2) is 8.60. The normalized spacial score (nSPS) is 11.0. The molecule has 10 nitrogen and oxygen atoms in total. The van der Waals surface area contributed by atoms with Crippen LogP contribution in [0, 0.1) is 28.4 Å². The first-order valence-corrected chi connectivity index (χ1v) is 9.77. The fourth-order valence-corrected chi connectivity index (χ4v) is 3.94. The number of nitriles is 1. The topological polar surface area (TPSA) is 147 Å². The van der Waals surface area contributed by atoms with E-state index < -0.39 is 16.4 Å². The largest absolute Gasteiger partial charge is 0.493 e. The fraction of sp³-hybridized carbons (Fsp3) is 0.111. The summed E-state index contributed by atoms with van der Waals surface area (Å²) in [5.41, 5.74) is -0.776. The summed E-state index contributed by atoms with van der Waals surface area (Å²) in [5.74, 6) is -0.114. The molecule has 12 heteroatoms. The monoisotopic (exact) mass is 535 g/mol. The van der Waals surface area contributed by atoms with E-state index in [4.69, 9.17) is 4.42 Å². The van der Waals surface area contributed by atoms with Crippen LogP contribution in [0.4, 0.5) is 17.1 Å². The smallest absolute Gasteiger partial charge is 0.281 e. The fourth-order valence-electron chi connectivity index (χ4n) is 2.62. The Balaban J connectivity index is 2.14. The van der Waals surface area contributed by atoms with Gasteiger partial charge in [0.25, 0.3) is 11.2 Å². The molecule has 2 aromatic heterocycles. The van der Waals surface area contributed by atoms with Gasteiger partial charge in [-0.3, -0.25) is 19.5 Å². The van der Waals surface area contributed by atoms with Crippen LogP contribution in [0.5, 0.6) is 5.88 Å². The van der Waals surface area contributed by atoms with Gasteiger partial charge in [-0.25, -0.2) is 0 Å². The molecule has 0 aliphatic carbocycles.